The third-order valence-corrected chi connectivity index (χ3v) is 4.18. The van der Waals surface area contributed by atoms with E-state index in [-0.39, 0.29) is 0 Å². The summed E-state index contributed by atoms with van der Waals surface area (Å²) in [7, 11) is 1.76. The highest BCUT2D eigenvalue weighted by Crippen LogP contribution is 2.20. The number of aryl methyl sites for hydroxylation is 2. The first-order valence-corrected chi connectivity index (χ1v) is 8.52. The molecule has 0 fully saturated rings. The summed E-state index contributed by atoms with van der Waals surface area (Å²) in [6, 6.07) is 6.24. The average Bonchev–Trinajstić information content (AvgIpc) is 2.95. The number of nitrogens with one attached hydrogen (secondary N) is 2. The van der Waals surface area contributed by atoms with Gasteiger partial charge >= 0.3 is 0 Å². The van der Waals surface area contributed by atoms with E-state index in [1.165, 1.54) is 10.4 Å². The summed E-state index contributed by atoms with van der Waals surface area (Å²) in [5, 5.41) is 7.65. The highest BCUT2D eigenvalue weighted by molar-refractivity contribution is 7.11. The molecule has 6 heteroatoms. The minimum absolute atomic E-state index is 0.659. The van der Waals surface area contributed by atoms with Gasteiger partial charge < -0.3 is 15.4 Å². The Balaban J connectivity index is 1.92. The summed E-state index contributed by atoms with van der Waals surface area (Å²) in [4.78, 5) is 9.80. The molecule has 124 valence electrons. The highest BCUT2D eigenvalue weighted by atomic mass is 32.1. The average molecular weight is 332 g/mol. The lowest BCUT2D eigenvalue weighted by Gasteiger charge is -2.14. The fourth-order valence-electron chi connectivity index (χ4n) is 2.14. The Kier molecular flexibility index (Phi) is 6.40. The molecule has 2 rings (SSSR count). The van der Waals surface area contributed by atoms with E-state index in [2.05, 4.69) is 52.7 Å². The number of rotatable bonds is 6. The number of ether oxygens (including phenoxy) is 1. The Labute approximate surface area is 141 Å². The van der Waals surface area contributed by atoms with Crippen LogP contribution in [0.1, 0.15) is 27.9 Å². The molecule has 0 spiro atoms. The van der Waals surface area contributed by atoms with E-state index in [0.717, 1.165) is 22.3 Å². The monoisotopic (exact) mass is 332 g/mol. The molecular weight excluding hydrogens is 308 g/mol. The van der Waals surface area contributed by atoms with Crippen LogP contribution in [0.2, 0.25) is 0 Å². The lowest BCUT2D eigenvalue weighted by atomic mass is 10.1. The molecule has 1 heterocycles. The topological polar surface area (TPSA) is 58.5 Å². The van der Waals surface area contributed by atoms with Gasteiger partial charge in [0.15, 0.2) is 5.96 Å². The molecule has 1 aromatic carbocycles. The molecule has 1 aromatic heterocycles. The van der Waals surface area contributed by atoms with Crippen molar-refractivity contribution in [3.8, 4) is 5.75 Å². The van der Waals surface area contributed by atoms with E-state index in [1.54, 1.807) is 18.4 Å². The van der Waals surface area contributed by atoms with Gasteiger partial charge in [0, 0.05) is 30.2 Å². The van der Waals surface area contributed by atoms with Gasteiger partial charge in [-0.3, -0.25) is 4.99 Å². The van der Waals surface area contributed by atoms with Gasteiger partial charge in [-0.1, -0.05) is 12.1 Å². The van der Waals surface area contributed by atoms with Crippen molar-refractivity contribution in [1.29, 1.82) is 0 Å². The van der Waals surface area contributed by atoms with Crippen molar-refractivity contribution in [2.45, 2.75) is 33.9 Å². The number of nitrogens with zero attached hydrogens (tertiary/aromatic N) is 2. The number of hydrogen-bond donors (Lipinski definition) is 2. The molecule has 0 unspecified atom stereocenters. The maximum absolute atomic E-state index is 5.71. The van der Waals surface area contributed by atoms with E-state index in [4.69, 9.17) is 4.74 Å². The van der Waals surface area contributed by atoms with E-state index in [1.807, 2.05) is 13.1 Å². The van der Waals surface area contributed by atoms with Crippen molar-refractivity contribution in [1.82, 2.24) is 15.6 Å². The first-order chi connectivity index (χ1) is 11.1. The van der Waals surface area contributed by atoms with E-state index >= 15 is 0 Å². The molecule has 5 nitrogen and oxygen atoms in total. The standard InChI is InChI=1S/C17H24N4OS/c1-5-22-15-8-12(2)6-7-14(15)10-20-17(18-4)21-11-16-19-9-13(3)23-16/h6-9H,5,10-11H2,1-4H3,(H2,18,20,21). The van der Waals surface area contributed by atoms with E-state index in [0.29, 0.717) is 19.7 Å². The minimum atomic E-state index is 0.659. The van der Waals surface area contributed by atoms with Crippen LogP contribution in [0.15, 0.2) is 29.4 Å². The second kappa shape index (κ2) is 8.53. The molecule has 0 amide bonds. The zero-order valence-corrected chi connectivity index (χ0v) is 15.0. The van der Waals surface area contributed by atoms with Crippen molar-refractivity contribution in [2.24, 2.45) is 4.99 Å². The summed E-state index contributed by atoms with van der Waals surface area (Å²) in [6.07, 6.45) is 1.89. The Morgan fingerprint density at radius 2 is 2.04 bits per heavy atom. The Morgan fingerprint density at radius 1 is 1.26 bits per heavy atom. The van der Waals surface area contributed by atoms with Gasteiger partial charge in [0.2, 0.25) is 0 Å². The van der Waals surface area contributed by atoms with Crippen molar-refractivity contribution in [2.75, 3.05) is 13.7 Å². The molecular formula is C17H24N4OS. The van der Waals surface area contributed by atoms with Crippen molar-refractivity contribution < 1.29 is 4.74 Å². The SMILES string of the molecule is CCOc1cc(C)ccc1CNC(=NC)NCc1ncc(C)s1. The van der Waals surface area contributed by atoms with Gasteiger partial charge in [0.1, 0.15) is 10.8 Å². The number of benzene rings is 1. The van der Waals surface area contributed by atoms with Gasteiger partial charge in [0.05, 0.1) is 13.2 Å². The van der Waals surface area contributed by atoms with Gasteiger partial charge in [-0.25, -0.2) is 4.98 Å². The van der Waals surface area contributed by atoms with Crippen LogP contribution in [0.3, 0.4) is 0 Å². The minimum Gasteiger partial charge on any atom is -0.494 e. The van der Waals surface area contributed by atoms with Gasteiger partial charge in [0.25, 0.3) is 0 Å². The number of aromatic nitrogens is 1. The van der Waals surface area contributed by atoms with Crippen LogP contribution >= 0.6 is 11.3 Å². The molecule has 0 aliphatic heterocycles. The Hall–Kier alpha value is -2.08. The Bertz CT molecular complexity index is 666. The summed E-state index contributed by atoms with van der Waals surface area (Å²) >= 11 is 1.69. The molecule has 2 N–H and O–H groups in total. The van der Waals surface area contributed by atoms with Crippen LogP contribution in [-0.2, 0) is 13.1 Å². The summed E-state index contributed by atoms with van der Waals surface area (Å²) < 4.78 is 5.71. The van der Waals surface area contributed by atoms with Crippen LogP contribution in [0.5, 0.6) is 5.75 Å². The normalized spacial score (nSPS) is 11.4. The molecule has 0 bridgehead atoms. The zero-order chi connectivity index (χ0) is 16.7. The van der Waals surface area contributed by atoms with Gasteiger partial charge in [-0.2, -0.15) is 0 Å². The molecule has 0 saturated carbocycles. The molecule has 0 atom stereocenters. The molecule has 0 saturated heterocycles. The van der Waals surface area contributed by atoms with Crippen molar-refractivity contribution in [3.63, 3.8) is 0 Å². The summed E-state index contributed by atoms with van der Waals surface area (Å²) in [5.41, 5.74) is 2.31. The fraction of sp³-hybridized carbons (Fsp3) is 0.412. The highest BCUT2D eigenvalue weighted by Gasteiger charge is 2.06. The predicted octanol–water partition coefficient (Wildman–Crippen LogP) is 3.02. The van der Waals surface area contributed by atoms with Crippen molar-refractivity contribution in [3.05, 3.63) is 45.4 Å². The van der Waals surface area contributed by atoms with Gasteiger partial charge in [-0.05, 0) is 32.4 Å². The van der Waals surface area contributed by atoms with Gasteiger partial charge in [-0.15, -0.1) is 11.3 Å². The molecule has 0 aliphatic rings. The van der Waals surface area contributed by atoms with Crippen LogP contribution in [-0.4, -0.2) is 24.6 Å². The predicted molar refractivity (Wildman–Crippen MR) is 96.2 cm³/mol. The quantitative estimate of drug-likeness (QED) is 0.631. The molecule has 0 radical (unpaired) electrons. The van der Waals surface area contributed by atoms with Crippen LogP contribution in [0.25, 0.3) is 0 Å². The maximum Gasteiger partial charge on any atom is 0.191 e. The summed E-state index contributed by atoms with van der Waals surface area (Å²) in [5.74, 6) is 1.67. The number of guanidine groups is 1. The molecule has 0 aliphatic carbocycles. The lowest BCUT2D eigenvalue weighted by molar-refractivity contribution is 0.336. The first kappa shape index (κ1) is 17.3. The van der Waals surface area contributed by atoms with Crippen LogP contribution in [0.4, 0.5) is 0 Å². The summed E-state index contributed by atoms with van der Waals surface area (Å²) in [6.45, 7) is 8.11. The first-order valence-electron chi connectivity index (χ1n) is 7.70. The third kappa shape index (κ3) is 5.25. The second-order valence-electron chi connectivity index (χ2n) is 5.19. The largest absolute Gasteiger partial charge is 0.494 e. The molecule has 2 aromatic rings. The smallest absolute Gasteiger partial charge is 0.191 e. The van der Waals surface area contributed by atoms with E-state index in [9.17, 15) is 0 Å². The lowest BCUT2D eigenvalue weighted by Crippen LogP contribution is -2.36. The molecule has 23 heavy (non-hydrogen) atoms. The second-order valence-corrected chi connectivity index (χ2v) is 6.51. The van der Waals surface area contributed by atoms with Crippen LogP contribution < -0.4 is 15.4 Å². The Morgan fingerprint density at radius 3 is 2.70 bits per heavy atom. The fourth-order valence-corrected chi connectivity index (χ4v) is 2.87. The maximum atomic E-state index is 5.71. The third-order valence-electron chi connectivity index (χ3n) is 3.27. The zero-order valence-electron chi connectivity index (χ0n) is 14.1. The number of thiazole rings is 1. The van der Waals surface area contributed by atoms with E-state index < -0.39 is 0 Å². The number of hydrogen-bond acceptors (Lipinski definition) is 4. The number of aliphatic imine (C=N–C) groups is 1. The van der Waals surface area contributed by atoms with Crippen LogP contribution in [0, 0.1) is 13.8 Å². The van der Waals surface area contributed by atoms with Crippen molar-refractivity contribution >= 4 is 17.3 Å².